The van der Waals surface area contributed by atoms with Gasteiger partial charge in [-0.1, -0.05) is 11.6 Å². The quantitative estimate of drug-likeness (QED) is 0.616. The van der Waals surface area contributed by atoms with E-state index >= 15 is 0 Å². The third-order valence-corrected chi connectivity index (χ3v) is 3.22. The van der Waals surface area contributed by atoms with Gasteiger partial charge in [-0.05, 0) is 0 Å². The summed E-state index contributed by atoms with van der Waals surface area (Å²) in [4.78, 5) is -0.974. The van der Waals surface area contributed by atoms with Gasteiger partial charge in [-0.3, -0.25) is 0 Å². The average molecular weight is 277 g/mol. The predicted molar refractivity (Wildman–Crippen MR) is 51.0 cm³/mol. The summed E-state index contributed by atoms with van der Waals surface area (Å²) >= 11 is 5.19. The smallest absolute Gasteiger partial charge is 0.267 e. The highest BCUT2D eigenvalue weighted by Gasteiger charge is 2.26. The molecule has 0 aromatic heterocycles. The van der Waals surface area contributed by atoms with Gasteiger partial charge in [0.1, 0.15) is 16.6 Å². The van der Waals surface area contributed by atoms with Crippen molar-refractivity contribution in [2.45, 2.75) is 4.90 Å². The van der Waals surface area contributed by atoms with E-state index in [1.165, 1.54) is 0 Å². The van der Waals surface area contributed by atoms with Crippen LogP contribution in [0.15, 0.2) is 11.0 Å². The standard InChI is InChI=1S/C7H4Cl2F2O3S/c1-14-4-2-3(10)5(8)6(11)7(4)15(9,12)13/h2H,1H3. The maximum atomic E-state index is 13.3. The minimum absolute atomic E-state index is 0.538. The number of methoxy groups -OCH3 is 1. The molecule has 0 aliphatic heterocycles. The summed E-state index contributed by atoms with van der Waals surface area (Å²) in [5.74, 6) is -3.14. The fourth-order valence-electron chi connectivity index (χ4n) is 0.935. The molecule has 0 aliphatic rings. The molecule has 0 unspecified atom stereocenters. The molecule has 0 saturated carbocycles. The van der Waals surface area contributed by atoms with Crippen LogP contribution >= 0.6 is 22.3 Å². The molecule has 8 heteroatoms. The minimum Gasteiger partial charge on any atom is -0.495 e. The molecule has 1 aromatic rings. The molecular formula is C7H4Cl2F2O3S. The van der Waals surface area contributed by atoms with Gasteiger partial charge in [0.25, 0.3) is 9.05 Å². The molecule has 1 aromatic carbocycles. The topological polar surface area (TPSA) is 43.4 Å². The van der Waals surface area contributed by atoms with Crippen molar-refractivity contribution in [2.24, 2.45) is 0 Å². The first-order valence-electron chi connectivity index (χ1n) is 3.45. The van der Waals surface area contributed by atoms with Gasteiger partial charge in [0.15, 0.2) is 10.7 Å². The van der Waals surface area contributed by atoms with Gasteiger partial charge in [0.05, 0.1) is 7.11 Å². The van der Waals surface area contributed by atoms with E-state index in [2.05, 4.69) is 4.74 Å². The first kappa shape index (κ1) is 12.5. The highest BCUT2D eigenvalue weighted by atomic mass is 35.7. The Morgan fingerprint density at radius 2 is 1.93 bits per heavy atom. The van der Waals surface area contributed by atoms with Crippen LogP contribution in [-0.2, 0) is 9.05 Å². The summed E-state index contributed by atoms with van der Waals surface area (Å²) < 4.78 is 52.6. The lowest BCUT2D eigenvalue weighted by atomic mass is 10.3. The molecule has 0 atom stereocenters. The molecule has 1 rings (SSSR count). The second-order valence-electron chi connectivity index (χ2n) is 2.46. The van der Waals surface area contributed by atoms with Gasteiger partial charge in [-0.15, -0.1) is 0 Å². The lowest BCUT2D eigenvalue weighted by Gasteiger charge is -2.08. The van der Waals surface area contributed by atoms with Crippen LogP contribution in [0.5, 0.6) is 5.75 Å². The Bertz CT molecular complexity index is 501. The number of hydrogen-bond acceptors (Lipinski definition) is 3. The molecule has 84 valence electrons. The third-order valence-electron chi connectivity index (χ3n) is 1.55. The number of ether oxygens (including phenoxy) is 1. The molecule has 3 nitrogen and oxygen atoms in total. The van der Waals surface area contributed by atoms with E-state index in [0.29, 0.717) is 6.07 Å². The minimum atomic E-state index is -4.39. The maximum Gasteiger partial charge on any atom is 0.267 e. The predicted octanol–water partition coefficient (Wildman–Crippen LogP) is 2.55. The van der Waals surface area contributed by atoms with Crippen LogP contribution in [0.2, 0.25) is 5.02 Å². The van der Waals surface area contributed by atoms with Gasteiger partial charge in [-0.25, -0.2) is 17.2 Å². The van der Waals surface area contributed by atoms with Crippen LogP contribution in [0.25, 0.3) is 0 Å². The zero-order valence-corrected chi connectivity index (χ0v) is 9.55. The molecule has 0 fully saturated rings. The number of benzene rings is 1. The average Bonchev–Trinajstić information content (AvgIpc) is 2.11. The van der Waals surface area contributed by atoms with Gasteiger partial charge in [0, 0.05) is 16.7 Å². The Labute approximate surface area is 94.0 Å². The Morgan fingerprint density at radius 3 is 2.33 bits per heavy atom. The van der Waals surface area contributed by atoms with Gasteiger partial charge >= 0.3 is 0 Å². The van der Waals surface area contributed by atoms with Crippen LogP contribution in [0, 0.1) is 11.6 Å². The molecule has 0 N–H and O–H groups in total. The molecule has 0 aliphatic carbocycles. The van der Waals surface area contributed by atoms with Crippen molar-refractivity contribution >= 4 is 31.3 Å². The zero-order chi connectivity index (χ0) is 11.8. The molecule has 0 amide bonds. The summed E-state index contributed by atoms with van der Waals surface area (Å²) in [6.45, 7) is 0. The molecular weight excluding hydrogens is 273 g/mol. The largest absolute Gasteiger partial charge is 0.495 e. The molecule has 0 saturated heterocycles. The van der Waals surface area contributed by atoms with Crippen molar-refractivity contribution in [1.82, 2.24) is 0 Å². The summed E-state index contributed by atoms with van der Waals surface area (Å²) in [7, 11) is 1.60. The summed E-state index contributed by atoms with van der Waals surface area (Å²) in [6.07, 6.45) is 0. The van der Waals surface area contributed by atoms with E-state index in [-0.39, 0.29) is 0 Å². The first-order chi connectivity index (χ1) is 6.79. The van der Waals surface area contributed by atoms with E-state index in [0.717, 1.165) is 7.11 Å². The Balaban J connectivity index is 3.70. The molecule has 0 bridgehead atoms. The molecule has 15 heavy (non-hydrogen) atoms. The Hall–Kier alpha value is -0.590. The van der Waals surface area contributed by atoms with E-state index in [4.69, 9.17) is 22.3 Å². The summed E-state index contributed by atoms with van der Waals surface area (Å²) in [5.41, 5.74) is 0. The van der Waals surface area contributed by atoms with Crippen LogP contribution in [0.1, 0.15) is 0 Å². The second kappa shape index (κ2) is 4.11. The SMILES string of the molecule is COc1cc(F)c(Cl)c(F)c1S(=O)(=O)Cl. The molecule has 0 radical (unpaired) electrons. The summed E-state index contributed by atoms with van der Waals surface area (Å²) in [5, 5.41) is -0.949. The fraction of sp³-hybridized carbons (Fsp3) is 0.143. The first-order valence-corrected chi connectivity index (χ1v) is 6.14. The van der Waals surface area contributed by atoms with Gasteiger partial charge in [-0.2, -0.15) is 0 Å². The van der Waals surface area contributed by atoms with E-state index < -0.39 is 36.4 Å². The number of hydrogen-bond donors (Lipinski definition) is 0. The lowest BCUT2D eigenvalue weighted by Crippen LogP contribution is -2.02. The van der Waals surface area contributed by atoms with E-state index in [1.807, 2.05) is 0 Å². The van der Waals surface area contributed by atoms with Crippen molar-refractivity contribution in [1.29, 1.82) is 0 Å². The Morgan fingerprint density at radius 1 is 1.40 bits per heavy atom. The van der Waals surface area contributed by atoms with Crippen LogP contribution in [0.4, 0.5) is 8.78 Å². The van der Waals surface area contributed by atoms with Crippen molar-refractivity contribution in [2.75, 3.05) is 7.11 Å². The molecule has 0 spiro atoms. The zero-order valence-electron chi connectivity index (χ0n) is 7.22. The fourth-order valence-corrected chi connectivity index (χ4v) is 2.27. The van der Waals surface area contributed by atoms with Crippen molar-refractivity contribution in [3.63, 3.8) is 0 Å². The van der Waals surface area contributed by atoms with Crippen LogP contribution in [-0.4, -0.2) is 15.5 Å². The Kier molecular flexibility index (Phi) is 3.42. The maximum absolute atomic E-state index is 13.3. The van der Waals surface area contributed by atoms with Crippen molar-refractivity contribution in [3.8, 4) is 5.75 Å². The highest BCUT2D eigenvalue weighted by molar-refractivity contribution is 8.13. The third kappa shape index (κ3) is 2.32. The lowest BCUT2D eigenvalue weighted by molar-refractivity contribution is 0.390. The number of rotatable bonds is 2. The molecule has 0 heterocycles. The van der Waals surface area contributed by atoms with Crippen molar-refractivity contribution in [3.05, 3.63) is 22.7 Å². The van der Waals surface area contributed by atoms with E-state index in [1.54, 1.807) is 0 Å². The number of halogens is 4. The van der Waals surface area contributed by atoms with Crippen LogP contribution < -0.4 is 4.74 Å². The van der Waals surface area contributed by atoms with Crippen LogP contribution in [0.3, 0.4) is 0 Å². The highest BCUT2D eigenvalue weighted by Crippen LogP contribution is 2.35. The van der Waals surface area contributed by atoms with Gasteiger partial charge < -0.3 is 4.74 Å². The monoisotopic (exact) mass is 276 g/mol. The summed E-state index contributed by atoms with van der Waals surface area (Å²) in [6, 6.07) is 0.640. The normalized spacial score (nSPS) is 11.5. The van der Waals surface area contributed by atoms with Gasteiger partial charge in [0.2, 0.25) is 0 Å². The van der Waals surface area contributed by atoms with Crippen molar-refractivity contribution < 1.29 is 21.9 Å². The van der Waals surface area contributed by atoms with E-state index in [9.17, 15) is 17.2 Å². The second-order valence-corrected chi connectivity index (χ2v) is 5.34.